The minimum atomic E-state index is 0.627. The summed E-state index contributed by atoms with van der Waals surface area (Å²) in [6.07, 6.45) is 5.80. The van der Waals surface area contributed by atoms with Gasteiger partial charge in [-0.15, -0.1) is 0 Å². The van der Waals surface area contributed by atoms with E-state index in [4.69, 9.17) is 0 Å². The Morgan fingerprint density at radius 1 is 1.31 bits per heavy atom. The van der Waals surface area contributed by atoms with Gasteiger partial charge in [0.2, 0.25) is 0 Å². The lowest BCUT2D eigenvalue weighted by Gasteiger charge is -2.07. The molecule has 0 saturated heterocycles. The van der Waals surface area contributed by atoms with Gasteiger partial charge in [0, 0.05) is 11.9 Å². The third-order valence-electron chi connectivity index (χ3n) is 2.57. The van der Waals surface area contributed by atoms with Gasteiger partial charge in [0.1, 0.15) is 0 Å². The van der Waals surface area contributed by atoms with Gasteiger partial charge in [0.25, 0.3) is 0 Å². The van der Waals surface area contributed by atoms with Crippen molar-refractivity contribution in [2.75, 3.05) is 0 Å². The van der Waals surface area contributed by atoms with Crippen molar-refractivity contribution in [1.82, 2.24) is 4.98 Å². The molecule has 0 fully saturated rings. The fourth-order valence-corrected chi connectivity index (χ4v) is 1.89. The standard InChI is InChI=1S/C12H21N/c1-5-7-11-10(6-2)8-13-12(11)9(3)4/h8-9,13H,5-7H2,1-4H3. The number of aromatic nitrogens is 1. The summed E-state index contributed by atoms with van der Waals surface area (Å²) in [5.74, 6) is 0.627. The molecule has 0 aliphatic carbocycles. The molecule has 13 heavy (non-hydrogen) atoms. The topological polar surface area (TPSA) is 15.8 Å². The SMILES string of the molecule is CCCc1c(CC)c[nH]c1C(C)C. The molecule has 0 aromatic carbocycles. The van der Waals surface area contributed by atoms with Crippen LogP contribution in [0, 0.1) is 0 Å². The lowest BCUT2D eigenvalue weighted by Crippen LogP contribution is -1.96. The normalized spacial score (nSPS) is 11.2. The molecule has 1 rings (SSSR count). The van der Waals surface area contributed by atoms with Gasteiger partial charge < -0.3 is 4.98 Å². The average molecular weight is 179 g/mol. The number of hydrogen-bond donors (Lipinski definition) is 1. The highest BCUT2D eigenvalue weighted by atomic mass is 14.7. The zero-order valence-corrected chi connectivity index (χ0v) is 9.28. The van der Waals surface area contributed by atoms with E-state index in [1.54, 1.807) is 5.56 Å². The van der Waals surface area contributed by atoms with E-state index >= 15 is 0 Å². The molecular formula is C12H21N. The molecule has 0 amide bonds. The van der Waals surface area contributed by atoms with E-state index < -0.39 is 0 Å². The van der Waals surface area contributed by atoms with Crippen LogP contribution in [-0.4, -0.2) is 4.98 Å². The van der Waals surface area contributed by atoms with Crippen molar-refractivity contribution in [1.29, 1.82) is 0 Å². The number of H-pyrrole nitrogens is 1. The Hall–Kier alpha value is -0.720. The number of nitrogens with one attached hydrogen (secondary N) is 1. The van der Waals surface area contributed by atoms with E-state index in [9.17, 15) is 0 Å². The van der Waals surface area contributed by atoms with E-state index in [2.05, 4.69) is 38.9 Å². The Kier molecular flexibility index (Phi) is 3.58. The summed E-state index contributed by atoms with van der Waals surface area (Å²) in [6, 6.07) is 0. The first kappa shape index (κ1) is 10.4. The lowest BCUT2D eigenvalue weighted by atomic mass is 9.98. The zero-order chi connectivity index (χ0) is 9.84. The molecule has 0 atom stereocenters. The maximum atomic E-state index is 3.41. The summed E-state index contributed by atoms with van der Waals surface area (Å²) in [5, 5.41) is 0. The Morgan fingerprint density at radius 3 is 2.46 bits per heavy atom. The Morgan fingerprint density at radius 2 is 2.00 bits per heavy atom. The molecule has 0 aliphatic rings. The molecule has 1 N–H and O–H groups in total. The van der Waals surface area contributed by atoms with Gasteiger partial charge in [-0.25, -0.2) is 0 Å². The van der Waals surface area contributed by atoms with Gasteiger partial charge in [-0.2, -0.15) is 0 Å². The van der Waals surface area contributed by atoms with Crippen LogP contribution < -0.4 is 0 Å². The van der Waals surface area contributed by atoms with E-state index in [0.717, 1.165) is 6.42 Å². The van der Waals surface area contributed by atoms with Gasteiger partial charge in [-0.3, -0.25) is 0 Å². The average Bonchev–Trinajstić information content (AvgIpc) is 2.48. The number of aryl methyl sites for hydroxylation is 1. The summed E-state index contributed by atoms with van der Waals surface area (Å²) in [6.45, 7) is 8.98. The lowest BCUT2D eigenvalue weighted by molar-refractivity contribution is 0.794. The fraction of sp³-hybridized carbons (Fsp3) is 0.667. The maximum Gasteiger partial charge on any atom is 0.0208 e. The van der Waals surface area contributed by atoms with Crippen LogP contribution in [0.5, 0.6) is 0 Å². The predicted octanol–water partition coefficient (Wildman–Crippen LogP) is 3.65. The van der Waals surface area contributed by atoms with Crippen LogP contribution in [0.15, 0.2) is 6.20 Å². The second-order valence-corrected chi connectivity index (χ2v) is 3.96. The molecule has 0 radical (unpaired) electrons. The van der Waals surface area contributed by atoms with Gasteiger partial charge in [0.15, 0.2) is 0 Å². The van der Waals surface area contributed by atoms with E-state index in [1.807, 2.05) is 0 Å². The van der Waals surface area contributed by atoms with E-state index in [0.29, 0.717) is 5.92 Å². The van der Waals surface area contributed by atoms with Crippen molar-refractivity contribution in [2.45, 2.75) is 52.9 Å². The Bertz CT molecular complexity index is 258. The number of hydrogen-bond acceptors (Lipinski definition) is 0. The molecule has 1 heteroatoms. The predicted molar refractivity (Wildman–Crippen MR) is 58.3 cm³/mol. The van der Waals surface area contributed by atoms with Crippen LogP contribution >= 0.6 is 0 Å². The van der Waals surface area contributed by atoms with Crippen molar-refractivity contribution in [3.05, 3.63) is 23.0 Å². The fourth-order valence-electron chi connectivity index (χ4n) is 1.89. The molecule has 0 aliphatic heterocycles. The molecule has 0 spiro atoms. The highest BCUT2D eigenvalue weighted by Crippen LogP contribution is 2.23. The summed E-state index contributed by atoms with van der Waals surface area (Å²) in [7, 11) is 0. The van der Waals surface area contributed by atoms with Crippen molar-refractivity contribution in [3.8, 4) is 0 Å². The Balaban J connectivity index is 2.99. The van der Waals surface area contributed by atoms with Crippen LogP contribution in [-0.2, 0) is 12.8 Å². The zero-order valence-electron chi connectivity index (χ0n) is 9.28. The van der Waals surface area contributed by atoms with E-state index in [1.165, 1.54) is 24.1 Å². The summed E-state index contributed by atoms with van der Waals surface area (Å²) in [5.41, 5.74) is 4.52. The summed E-state index contributed by atoms with van der Waals surface area (Å²) >= 11 is 0. The maximum absolute atomic E-state index is 3.41. The van der Waals surface area contributed by atoms with Crippen molar-refractivity contribution in [2.24, 2.45) is 0 Å². The highest BCUT2D eigenvalue weighted by molar-refractivity contribution is 5.33. The third kappa shape index (κ3) is 2.15. The largest absolute Gasteiger partial charge is 0.364 e. The molecule has 1 nitrogen and oxygen atoms in total. The second kappa shape index (κ2) is 4.50. The number of aromatic amines is 1. The van der Waals surface area contributed by atoms with Crippen LogP contribution in [0.4, 0.5) is 0 Å². The molecule has 0 bridgehead atoms. The van der Waals surface area contributed by atoms with Crippen LogP contribution in [0.1, 0.15) is 56.9 Å². The smallest absolute Gasteiger partial charge is 0.0208 e. The van der Waals surface area contributed by atoms with Crippen molar-refractivity contribution < 1.29 is 0 Å². The highest BCUT2D eigenvalue weighted by Gasteiger charge is 2.11. The van der Waals surface area contributed by atoms with Crippen LogP contribution in [0.3, 0.4) is 0 Å². The van der Waals surface area contributed by atoms with E-state index in [-0.39, 0.29) is 0 Å². The van der Waals surface area contributed by atoms with Crippen molar-refractivity contribution >= 4 is 0 Å². The summed E-state index contributed by atoms with van der Waals surface area (Å²) < 4.78 is 0. The Labute approximate surface area is 81.6 Å². The second-order valence-electron chi connectivity index (χ2n) is 3.96. The molecule has 1 aromatic heterocycles. The van der Waals surface area contributed by atoms with Gasteiger partial charge in [0.05, 0.1) is 0 Å². The quantitative estimate of drug-likeness (QED) is 0.726. The molecule has 74 valence electrons. The molecule has 1 aromatic rings. The van der Waals surface area contributed by atoms with Crippen LogP contribution in [0.2, 0.25) is 0 Å². The van der Waals surface area contributed by atoms with Gasteiger partial charge in [-0.05, 0) is 29.9 Å². The van der Waals surface area contributed by atoms with Gasteiger partial charge in [-0.1, -0.05) is 34.1 Å². The minimum Gasteiger partial charge on any atom is -0.364 e. The van der Waals surface area contributed by atoms with Crippen LogP contribution in [0.25, 0.3) is 0 Å². The third-order valence-corrected chi connectivity index (χ3v) is 2.57. The monoisotopic (exact) mass is 179 g/mol. The first-order valence-electron chi connectivity index (χ1n) is 5.39. The summed E-state index contributed by atoms with van der Waals surface area (Å²) in [4.78, 5) is 3.41. The molecule has 1 heterocycles. The molecule has 0 unspecified atom stereocenters. The molecular weight excluding hydrogens is 158 g/mol. The first-order valence-corrected chi connectivity index (χ1v) is 5.39. The first-order chi connectivity index (χ1) is 6.20. The number of rotatable bonds is 4. The molecule has 0 saturated carbocycles. The minimum absolute atomic E-state index is 0.627. The van der Waals surface area contributed by atoms with Crippen molar-refractivity contribution in [3.63, 3.8) is 0 Å². The van der Waals surface area contributed by atoms with Gasteiger partial charge >= 0.3 is 0 Å².